The van der Waals surface area contributed by atoms with E-state index in [9.17, 15) is 4.79 Å². The zero-order valence-corrected chi connectivity index (χ0v) is 8.40. The fourth-order valence-electron chi connectivity index (χ4n) is 2.83. The first kappa shape index (κ1) is 10.8. The predicted molar refractivity (Wildman–Crippen MR) is 51.9 cm³/mol. The van der Waals surface area contributed by atoms with Gasteiger partial charge in [-0.3, -0.25) is 4.79 Å². The Morgan fingerprint density at radius 3 is 2.46 bits per heavy atom. The standard InChI is InChI=1S/C9H15NO2.ClH/c10-9-3-1-2-8(6-9,4-5-9)7(11)12;/h1-6,10H2,(H,11,12);1H. The quantitative estimate of drug-likeness (QED) is 0.683. The van der Waals surface area contributed by atoms with E-state index in [1.165, 1.54) is 0 Å². The Balaban J connectivity index is 0.000000845. The highest BCUT2D eigenvalue weighted by Gasteiger charge is 2.53. The van der Waals surface area contributed by atoms with Gasteiger partial charge >= 0.3 is 5.97 Å². The molecule has 2 rings (SSSR count). The molecule has 3 N–H and O–H groups in total. The third-order valence-electron chi connectivity index (χ3n) is 3.58. The Bertz CT molecular complexity index is 234. The van der Waals surface area contributed by atoms with Gasteiger partial charge in [-0.15, -0.1) is 12.4 Å². The van der Waals surface area contributed by atoms with Crippen LogP contribution in [-0.2, 0) is 4.79 Å². The van der Waals surface area contributed by atoms with Crippen LogP contribution in [0.25, 0.3) is 0 Å². The lowest BCUT2D eigenvalue weighted by molar-refractivity contribution is -0.150. The van der Waals surface area contributed by atoms with Crippen LogP contribution in [0.3, 0.4) is 0 Å². The minimum Gasteiger partial charge on any atom is -0.481 e. The van der Waals surface area contributed by atoms with Crippen LogP contribution in [0.1, 0.15) is 38.5 Å². The number of fused-ring (bicyclic) bond motifs is 2. The van der Waals surface area contributed by atoms with Gasteiger partial charge in [0.25, 0.3) is 0 Å². The number of rotatable bonds is 1. The summed E-state index contributed by atoms with van der Waals surface area (Å²) in [6, 6.07) is 0. The summed E-state index contributed by atoms with van der Waals surface area (Å²) >= 11 is 0. The van der Waals surface area contributed by atoms with Gasteiger partial charge in [-0.25, -0.2) is 0 Å². The van der Waals surface area contributed by atoms with Crippen molar-refractivity contribution in [2.45, 2.75) is 44.1 Å². The van der Waals surface area contributed by atoms with E-state index in [2.05, 4.69) is 0 Å². The van der Waals surface area contributed by atoms with Gasteiger partial charge in [-0.2, -0.15) is 0 Å². The first-order valence-corrected chi connectivity index (χ1v) is 4.59. The van der Waals surface area contributed by atoms with Crippen LogP contribution in [-0.4, -0.2) is 16.6 Å². The molecule has 2 bridgehead atoms. The highest BCUT2D eigenvalue weighted by Crippen LogP contribution is 2.52. The van der Waals surface area contributed by atoms with Crippen molar-refractivity contribution in [2.24, 2.45) is 11.1 Å². The molecule has 13 heavy (non-hydrogen) atoms. The molecular weight excluding hydrogens is 190 g/mol. The molecule has 4 heteroatoms. The van der Waals surface area contributed by atoms with Crippen LogP contribution < -0.4 is 5.73 Å². The number of aliphatic carboxylic acids is 1. The summed E-state index contributed by atoms with van der Waals surface area (Å²) in [5.41, 5.74) is 5.47. The molecule has 76 valence electrons. The third kappa shape index (κ3) is 1.55. The van der Waals surface area contributed by atoms with Gasteiger partial charge in [0.15, 0.2) is 0 Å². The van der Waals surface area contributed by atoms with Crippen LogP contribution >= 0.6 is 12.4 Å². The van der Waals surface area contributed by atoms with Crippen LogP contribution in [0, 0.1) is 5.41 Å². The lowest BCUT2D eigenvalue weighted by Gasteiger charge is -2.34. The van der Waals surface area contributed by atoms with Crippen molar-refractivity contribution in [1.82, 2.24) is 0 Å². The number of carboxylic acid groups (broad SMARTS) is 1. The number of carboxylic acids is 1. The van der Waals surface area contributed by atoms with Crippen molar-refractivity contribution in [3.8, 4) is 0 Å². The SMILES string of the molecule is Cl.NC12CCCC(C(=O)O)(CC1)C2. The molecule has 0 heterocycles. The average Bonchev–Trinajstić information content (AvgIpc) is 2.24. The van der Waals surface area contributed by atoms with Crippen LogP contribution in [0.15, 0.2) is 0 Å². The summed E-state index contributed by atoms with van der Waals surface area (Å²) in [5.74, 6) is -0.630. The fourth-order valence-corrected chi connectivity index (χ4v) is 2.83. The molecule has 0 amide bonds. The second kappa shape index (κ2) is 3.14. The molecule has 3 nitrogen and oxygen atoms in total. The Morgan fingerprint density at radius 2 is 1.92 bits per heavy atom. The van der Waals surface area contributed by atoms with Gasteiger partial charge in [0.1, 0.15) is 0 Å². The van der Waals surface area contributed by atoms with Crippen molar-refractivity contribution >= 4 is 18.4 Å². The maximum Gasteiger partial charge on any atom is 0.309 e. The Labute approximate surface area is 84.1 Å². The molecule has 2 aliphatic carbocycles. The maximum absolute atomic E-state index is 11.0. The highest BCUT2D eigenvalue weighted by molar-refractivity contribution is 5.85. The van der Waals surface area contributed by atoms with E-state index in [4.69, 9.17) is 10.8 Å². The lowest BCUT2D eigenvalue weighted by Crippen LogP contribution is -2.43. The second-order valence-electron chi connectivity index (χ2n) is 4.48. The third-order valence-corrected chi connectivity index (χ3v) is 3.58. The topological polar surface area (TPSA) is 63.3 Å². The van der Waals surface area contributed by atoms with Gasteiger partial charge in [-0.1, -0.05) is 6.42 Å². The largest absolute Gasteiger partial charge is 0.481 e. The molecule has 0 saturated heterocycles. The molecule has 2 fully saturated rings. The number of halogens is 1. The molecule has 0 radical (unpaired) electrons. The summed E-state index contributed by atoms with van der Waals surface area (Å²) in [7, 11) is 0. The normalized spacial score (nSPS) is 42.5. The summed E-state index contributed by atoms with van der Waals surface area (Å²) in [4.78, 5) is 11.0. The summed E-state index contributed by atoms with van der Waals surface area (Å²) in [5, 5.41) is 9.07. The minimum atomic E-state index is -0.630. The van der Waals surface area contributed by atoms with Gasteiger partial charge in [0.05, 0.1) is 5.41 Å². The van der Waals surface area contributed by atoms with Gasteiger partial charge in [0.2, 0.25) is 0 Å². The molecular formula is C9H16ClNO2. The molecule has 2 saturated carbocycles. The van der Waals surface area contributed by atoms with Gasteiger partial charge in [0, 0.05) is 5.54 Å². The van der Waals surface area contributed by atoms with Crippen LogP contribution in [0.2, 0.25) is 0 Å². The Hall–Kier alpha value is -0.280. The second-order valence-corrected chi connectivity index (χ2v) is 4.48. The first-order valence-electron chi connectivity index (χ1n) is 4.59. The monoisotopic (exact) mass is 205 g/mol. The van der Waals surface area contributed by atoms with Crippen molar-refractivity contribution in [2.75, 3.05) is 0 Å². The molecule has 2 aliphatic rings. The molecule has 0 aromatic rings. The number of hydrogen-bond acceptors (Lipinski definition) is 2. The Kier molecular flexibility index (Phi) is 2.61. The molecule has 0 aromatic carbocycles. The summed E-state index contributed by atoms with van der Waals surface area (Å²) < 4.78 is 0. The molecule has 2 unspecified atom stereocenters. The summed E-state index contributed by atoms with van der Waals surface area (Å²) in [6.45, 7) is 0. The van der Waals surface area contributed by atoms with E-state index in [-0.39, 0.29) is 17.9 Å². The number of hydrogen-bond donors (Lipinski definition) is 2. The van der Waals surface area contributed by atoms with Crippen LogP contribution in [0.4, 0.5) is 0 Å². The van der Waals surface area contributed by atoms with Crippen LogP contribution in [0.5, 0.6) is 0 Å². The van der Waals surface area contributed by atoms with E-state index in [0.29, 0.717) is 6.42 Å². The average molecular weight is 206 g/mol. The zero-order chi connectivity index (χ0) is 8.82. The Morgan fingerprint density at radius 1 is 1.23 bits per heavy atom. The predicted octanol–water partition coefficient (Wildman–Crippen LogP) is 1.54. The molecule has 0 aromatic heterocycles. The van der Waals surface area contributed by atoms with Crippen molar-refractivity contribution in [3.05, 3.63) is 0 Å². The van der Waals surface area contributed by atoms with Gasteiger partial charge < -0.3 is 10.8 Å². The van der Waals surface area contributed by atoms with E-state index >= 15 is 0 Å². The molecule has 0 spiro atoms. The highest BCUT2D eigenvalue weighted by atomic mass is 35.5. The molecule has 0 aliphatic heterocycles. The van der Waals surface area contributed by atoms with Gasteiger partial charge in [-0.05, 0) is 32.1 Å². The van der Waals surface area contributed by atoms with E-state index in [1.54, 1.807) is 0 Å². The smallest absolute Gasteiger partial charge is 0.309 e. The number of nitrogens with two attached hydrogens (primary N) is 1. The van der Waals surface area contributed by atoms with Crippen molar-refractivity contribution in [1.29, 1.82) is 0 Å². The van der Waals surface area contributed by atoms with Crippen molar-refractivity contribution in [3.63, 3.8) is 0 Å². The number of carbonyl (C=O) groups is 1. The van der Waals surface area contributed by atoms with E-state index in [1.807, 2.05) is 0 Å². The summed E-state index contributed by atoms with van der Waals surface area (Å²) in [6.07, 6.45) is 5.24. The van der Waals surface area contributed by atoms with E-state index < -0.39 is 11.4 Å². The van der Waals surface area contributed by atoms with Crippen molar-refractivity contribution < 1.29 is 9.90 Å². The fraction of sp³-hybridized carbons (Fsp3) is 0.889. The van der Waals surface area contributed by atoms with E-state index in [0.717, 1.165) is 32.1 Å². The maximum atomic E-state index is 11.0. The zero-order valence-electron chi connectivity index (χ0n) is 7.58. The first-order chi connectivity index (χ1) is 5.56. The lowest BCUT2D eigenvalue weighted by atomic mass is 9.73. The minimum absolute atomic E-state index is 0. The molecule has 2 atom stereocenters.